The van der Waals surface area contributed by atoms with E-state index in [0.29, 0.717) is 25.9 Å². The second kappa shape index (κ2) is 6.76. The molecule has 0 unspecified atom stereocenters. The largest absolute Gasteiger partial charge is 0.465 e. The van der Waals surface area contributed by atoms with Crippen molar-refractivity contribution in [3.8, 4) is 0 Å². The van der Waals surface area contributed by atoms with Crippen molar-refractivity contribution in [1.29, 1.82) is 0 Å². The molecule has 0 saturated carbocycles. The highest BCUT2D eigenvalue weighted by atomic mass is 19.4. The van der Waals surface area contributed by atoms with E-state index in [2.05, 4.69) is 10.6 Å². The Morgan fingerprint density at radius 1 is 1.13 bits per heavy atom. The molecule has 1 aliphatic heterocycles. The van der Waals surface area contributed by atoms with Gasteiger partial charge in [-0.05, 0) is 37.1 Å². The predicted octanol–water partition coefficient (Wildman–Crippen LogP) is 2.97. The molecule has 0 atom stereocenters. The summed E-state index contributed by atoms with van der Waals surface area (Å²) in [4.78, 5) is 23.8. The van der Waals surface area contributed by atoms with E-state index in [1.807, 2.05) is 0 Å². The minimum atomic E-state index is -4.42. The van der Waals surface area contributed by atoms with Crippen molar-refractivity contribution in [2.75, 3.05) is 18.4 Å². The number of hydrogen-bond donors (Lipinski definition) is 3. The molecule has 0 aromatic heterocycles. The van der Waals surface area contributed by atoms with E-state index in [1.165, 1.54) is 17.0 Å². The maximum absolute atomic E-state index is 12.4. The van der Waals surface area contributed by atoms with E-state index in [1.54, 1.807) is 0 Å². The molecule has 1 aromatic rings. The summed E-state index contributed by atoms with van der Waals surface area (Å²) in [5, 5.41) is 14.0. The molecule has 0 spiro atoms. The van der Waals surface area contributed by atoms with Gasteiger partial charge in [-0.25, -0.2) is 9.59 Å². The average Bonchev–Trinajstić information content (AvgIpc) is 2.47. The monoisotopic (exact) mass is 331 g/mol. The summed E-state index contributed by atoms with van der Waals surface area (Å²) in [6.07, 6.45) is -4.42. The Bertz CT molecular complexity index is 567. The van der Waals surface area contributed by atoms with E-state index in [0.717, 1.165) is 12.1 Å². The van der Waals surface area contributed by atoms with E-state index in [-0.39, 0.29) is 11.7 Å². The number of amides is 3. The molecule has 0 radical (unpaired) electrons. The van der Waals surface area contributed by atoms with Crippen molar-refractivity contribution in [2.45, 2.75) is 25.1 Å². The molecule has 1 fully saturated rings. The fourth-order valence-corrected chi connectivity index (χ4v) is 2.31. The number of likely N-dealkylation sites (tertiary alicyclic amines) is 1. The molecular formula is C14H16F3N3O3. The Labute approximate surface area is 130 Å². The van der Waals surface area contributed by atoms with Gasteiger partial charge in [-0.3, -0.25) is 0 Å². The van der Waals surface area contributed by atoms with E-state index in [4.69, 9.17) is 5.11 Å². The van der Waals surface area contributed by atoms with Gasteiger partial charge in [0.2, 0.25) is 0 Å². The Balaban J connectivity index is 1.82. The number of hydrogen-bond acceptors (Lipinski definition) is 2. The molecule has 3 amide bonds. The summed E-state index contributed by atoms with van der Waals surface area (Å²) in [5.41, 5.74) is -0.539. The van der Waals surface area contributed by atoms with Crippen LogP contribution in [0.5, 0.6) is 0 Å². The smallest absolute Gasteiger partial charge is 0.416 e. The van der Waals surface area contributed by atoms with Crippen LogP contribution >= 0.6 is 0 Å². The molecule has 1 aromatic carbocycles. The molecule has 1 heterocycles. The number of carbonyl (C=O) groups excluding carboxylic acids is 1. The molecular weight excluding hydrogens is 315 g/mol. The first-order valence-corrected chi connectivity index (χ1v) is 6.98. The van der Waals surface area contributed by atoms with Crippen LogP contribution < -0.4 is 10.6 Å². The lowest BCUT2D eigenvalue weighted by atomic mass is 10.1. The fourth-order valence-electron chi connectivity index (χ4n) is 2.31. The number of nitrogens with zero attached hydrogens (tertiary/aromatic N) is 1. The SMILES string of the molecule is O=C(Nc1ccc(C(F)(F)F)cc1)NC1CCN(C(=O)O)CC1. The van der Waals surface area contributed by atoms with Crippen molar-refractivity contribution < 1.29 is 27.9 Å². The van der Waals surface area contributed by atoms with E-state index < -0.39 is 23.9 Å². The first-order chi connectivity index (χ1) is 10.8. The average molecular weight is 331 g/mol. The number of anilines is 1. The quantitative estimate of drug-likeness (QED) is 0.779. The van der Waals surface area contributed by atoms with E-state index in [9.17, 15) is 22.8 Å². The fraction of sp³-hybridized carbons (Fsp3) is 0.429. The standard InChI is InChI=1S/C14H16F3N3O3/c15-14(16,17)9-1-3-10(4-2-9)18-12(21)19-11-5-7-20(8-6-11)13(22)23/h1-4,11H,5-8H2,(H,22,23)(H2,18,19,21). The van der Waals surface area contributed by atoms with Crippen LogP contribution in [0.3, 0.4) is 0 Å². The minimum absolute atomic E-state index is 0.167. The minimum Gasteiger partial charge on any atom is -0.465 e. The van der Waals surface area contributed by atoms with Gasteiger partial charge in [0.05, 0.1) is 5.56 Å². The van der Waals surface area contributed by atoms with Crippen molar-refractivity contribution >= 4 is 17.8 Å². The molecule has 3 N–H and O–H groups in total. The Morgan fingerprint density at radius 3 is 2.17 bits per heavy atom. The second-order valence-electron chi connectivity index (χ2n) is 5.22. The molecule has 6 nitrogen and oxygen atoms in total. The molecule has 0 aliphatic carbocycles. The van der Waals surface area contributed by atoms with Crippen molar-refractivity contribution in [3.05, 3.63) is 29.8 Å². The first-order valence-electron chi connectivity index (χ1n) is 6.98. The normalized spacial score (nSPS) is 16.0. The number of benzene rings is 1. The van der Waals surface area contributed by atoms with Crippen LogP contribution in [-0.4, -0.2) is 41.3 Å². The number of urea groups is 1. The van der Waals surface area contributed by atoms with Gasteiger partial charge in [0.25, 0.3) is 0 Å². The maximum atomic E-state index is 12.4. The molecule has 126 valence electrons. The number of piperidine rings is 1. The van der Waals surface area contributed by atoms with Crippen LogP contribution in [0.15, 0.2) is 24.3 Å². The molecule has 23 heavy (non-hydrogen) atoms. The van der Waals surface area contributed by atoms with Crippen LogP contribution in [0, 0.1) is 0 Å². The van der Waals surface area contributed by atoms with Crippen LogP contribution in [0.4, 0.5) is 28.4 Å². The van der Waals surface area contributed by atoms with Crippen LogP contribution in [0.2, 0.25) is 0 Å². The zero-order valence-corrected chi connectivity index (χ0v) is 12.1. The summed E-state index contributed by atoms with van der Waals surface area (Å²) in [7, 11) is 0. The highest BCUT2D eigenvalue weighted by Gasteiger charge is 2.30. The summed E-state index contributed by atoms with van der Waals surface area (Å²) in [6, 6.07) is 3.44. The molecule has 2 rings (SSSR count). The summed E-state index contributed by atoms with van der Waals surface area (Å²) in [5.74, 6) is 0. The second-order valence-corrected chi connectivity index (χ2v) is 5.22. The van der Waals surface area contributed by atoms with Crippen LogP contribution in [-0.2, 0) is 6.18 Å². The van der Waals surface area contributed by atoms with Gasteiger partial charge >= 0.3 is 18.3 Å². The Hall–Kier alpha value is -2.45. The number of carbonyl (C=O) groups is 2. The van der Waals surface area contributed by atoms with Crippen molar-refractivity contribution in [3.63, 3.8) is 0 Å². The number of carboxylic acid groups (broad SMARTS) is 1. The number of rotatable bonds is 2. The number of alkyl halides is 3. The number of halogens is 3. The van der Waals surface area contributed by atoms with Crippen molar-refractivity contribution in [2.24, 2.45) is 0 Å². The third kappa shape index (κ3) is 4.76. The lowest BCUT2D eigenvalue weighted by Crippen LogP contribution is -2.47. The van der Waals surface area contributed by atoms with Crippen molar-refractivity contribution in [1.82, 2.24) is 10.2 Å². The third-order valence-electron chi connectivity index (χ3n) is 3.57. The van der Waals surface area contributed by atoms with Gasteiger partial charge in [0.15, 0.2) is 0 Å². The zero-order chi connectivity index (χ0) is 17.0. The zero-order valence-electron chi connectivity index (χ0n) is 12.1. The molecule has 1 aliphatic rings. The van der Waals surface area contributed by atoms with Gasteiger partial charge in [-0.15, -0.1) is 0 Å². The van der Waals surface area contributed by atoms with Crippen LogP contribution in [0.25, 0.3) is 0 Å². The van der Waals surface area contributed by atoms with Gasteiger partial charge < -0.3 is 20.6 Å². The first kappa shape index (κ1) is 16.9. The summed E-state index contributed by atoms with van der Waals surface area (Å²) >= 11 is 0. The van der Waals surface area contributed by atoms with Gasteiger partial charge in [-0.2, -0.15) is 13.2 Å². The summed E-state index contributed by atoms with van der Waals surface area (Å²) < 4.78 is 37.3. The summed E-state index contributed by atoms with van der Waals surface area (Å²) in [6.45, 7) is 0.668. The van der Waals surface area contributed by atoms with Crippen LogP contribution in [0.1, 0.15) is 18.4 Å². The lowest BCUT2D eigenvalue weighted by molar-refractivity contribution is -0.137. The lowest BCUT2D eigenvalue weighted by Gasteiger charge is -2.30. The van der Waals surface area contributed by atoms with Gasteiger partial charge in [0.1, 0.15) is 0 Å². The number of nitrogens with one attached hydrogen (secondary N) is 2. The topological polar surface area (TPSA) is 81.7 Å². The Kier molecular flexibility index (Phi) is 4.97. The third-order valence-corrected chi connectivity index (χ3v) is 3.57. The van der Waals surface area contributed by atoms with E-state index >= 15 is 0 Å². The maximum Gasteiger partial charge on any atom is 0.416 e. The highest BCUT2D eigenvalue weighted by Crippen LogP contribution is 2.29. The van der Waals surface area contributed by atoms with Gasteiger partial charge in [0, 0.05) is 24.8 Å². The van der Waals surface area contributed by atoms with Gasteiger partial charge in [-0.1, -0.05) is 0 Å². The molecule has 1 saturated heterocycles. The Morgan fingerprint density at radius 2 is 1.70 bits per heavy atom. The highest BCUT2D eigenvalue weighted by molar-refractivity contribution is 5.89. The predicted molar refractivity (Wildman–Crippen MR) is 76.2 cm³/mol. The molecule has 9 heteroatoms. The molecule has 0 bridgehead atoms.